The van der Waals surface area contributed by atoms with Crippen LogP contribution in [0.1, 0.15) is 42.1 Å². The zero-order valence-corrected chi connectivity index (χ0v) is 14.5. The summed E-state index contributed by atoms with van der Waals surface area (Å²) in [4.78, 5) is 14.6. The molecule has 1 aromatic heterocycles. The number of piperidine rings is 1. The van der Waals surface area contributed by atoms with Gasteiger partial charge in [0.05, 0.1) is 5.69 Å². The largest absolute Gasteiger partial charge is 0.454 e. The van der Waals surface area contributed by atoms with Gasteiger partial charge in [0, 0.05) is 31.1 Å². The van der Waals surface area contributed by atoms with E-state index in [9.17, 15) is 4.79 Å². The van der Waals surface area contributed by atoms with Gasteiger partial charge in [-0.1, -0.05) is 6.07 Å². The summed E-state index contributed by atoms with van der Waals surface area (Å²) < 4.78 is 10.7. The molecule has 0 bridgehead atoms. The predicted octanol–water partition coefficient (Wildman–Crippen LogP) is 2.79. The van der Waals surface area contributed by atoms with E-state index in [1.807, 2.05) is 30.0 Å². The number of H-pyrrole nitrogens is 1. The highest BCUT2D eigenvalue weighted by molar-refractivity contribution is 5.76. The maximum Gasteiger partial charge on any atom is 0.231 e. The SMILES string of the molecule is Cc1cc(C2CCCN(C(=O)CCc3ccc4c(c3)OCO4)C2)n[nH]1. The molecule has 25 heavy (non-hydrogen) atoms. The monoisotopic (exact) mass is 341 g/mol. The summed E-state index contributed by atoms with van der Waals surface area (Å²) in [6.07, 6.45) is 3.37. The fourth-order valence-electron chi connectivity index (χ4n) is 3.60. The number of amides is 1. The predicted molar refractivity (Wildman–Crippen MR) is 92.8 cm³/mol. The van der Waals surface area contributed by atoms with Crippen LogP contribution in [0, 0.1) is 6.92 Å². The van der Waals surface area contributed by atoms with E-state index in [0.29, 0.717) is 12.3 Å². The van der Waals surface area contributed by atoms with Gasteiger partial charge in [-0.2, -0.15) is 5.10 Å². The second-order valence-corrected chi connectivity index (χ2v) is 6.84. The van der Waals surface area contributed by atoms with Gasteiger partial charge in [0.15, 0.2) is 11.5 Å². The minimum atomic E-state index is 0.217. The lowest BCUT2D eigenvalue weighted by molar-refractivity contribution is -0.132. The maximum absolute atomic E-state index is 12.6. The average molecular weight is 341 g/mol. The van der Waals surface area contributed by atoms with Crippen LogP contribution in [-0.4, -0.2) is 40.9 Å². The number of aromatic amines is 1. The first-order chi connectivity index (χ1) is 12.2. The topological polar surface area (TPSA) is 67.5 Å². The number of hydrogen-bond acceptors (Lipinski definition) is 4. The highest BCUT2D eigenvalue weighted by atomic mass is 16.7. The Balaban J connectivity index is 1.34. The first-order valence-electron chi connectivity index (χ1n) is 8.87. The summed E-state index contributed by atoms with van der Waals surface area (Å²) in [6.45, 7) is 3.90. The molecule has 1 unspecified atom stereocenters. The molecule has 2 aromatic rings. The Labute approximate surface area is 147 Å². The minimum Gasteiger partial charge on any atom is -0.454 e. The third kappa shape index (κ3) is 3.48. The molecule has 1 N–H and O–H groups in total. The molecule has 3 heterocycles. The van der Waals surface area contributed by atoms with Gasteiger partial charge in [0.2, 0.25) is 12.7 Å². The highest BCUT2D eigenvalue weighted by Crippen LogP contribution is 2.33. The second-order valence-electron chi connectivity index (χ2n) is 6.84. The van der Waals surface area contributed by atoms with E-state index >= 15 is 0 Å². The van der Waals surface area contributed by atoms with Gasteiger partial charge in [-0.25, -0.2) is 0 Å². The molecule has 132 valence electrons. The Morgan fingerprint density at radius 2 is 2.20 bits per heavy atom. The van der Waals surface area contributed by atoms with Crippen LogP contribution in [0.5, 0.6) is 11.5 Å². The average Bonchev–Trinajstić information content (AvgIpc) is 3.28. The number of rotatable bonds is 4. The lowest BCUT2D eigenvalue weighted by Gasteiger charge is -2.32. The van der Waals surface area contributed by atoms with Crippen LogP contribution < -0.4 is 9.47 Å². The molecule has 1 saturated heterocycles. The molecule has 0 spiro atoms. The Bertz CT molecular complexity index is 771. The van der Waals surface area contributed by atoms with Gasteiger partial charge < -0.3 is 14.4 Å². The molecule has 0 radical (unpaired) electrons. The molecule has 6 heteroatoms. The third-order valence-electron chi connectivity index (χ3n) is 4.98. The van der Waals surface area contributed by atoms with Crippen LogP contribution in [-0.2, 0) is 11.2 Å². The van der Waals surface area contributed by atoms with Crippen molar-refractivity contribution in [1.29, 1.82) is 0 Å². The van der Waals surface area contributed by atoms with Crippen molar-refractivity contribution in [2.75, 3.05) is 19.9 Å². The third-order valence-corrected chi connectivity index (χ3v) is 4.98. The number of likely N-dealkylation sites (tertiary alicyclic amines) is 1. The summed E-state index contributed by atoms with van der Waals surface area (Å²) in [5.74, 6) is 2.11. The normalized spacial score (nSPS) is 19.2. The number of carbonyl (C=O) groups is 1. The van der Waals surface area contributed by atoms with E-state index in [1.54, 1.807) is 0 Å². The molecular formula is C19H23N3O3. The molecular weight excluding hydrogens is 318 g/mol. The fraction of sp³-hybridized carbons (Fsp3) is 0.474. The number of nitrogens with one attached hydrogen (secondary N) is 1. The zero-order valence-electron chi connectivity index (χ0n) is 14.5. The number of hydrogen-bond donors (Lipinski definition) is 1. The molecule has 2 aliphatic heterocycles. The van der Waals surface area contributed by atoms with Crippen LogP contribution in [0.15, 0.2) is 24.3 Å². The Kier molecular flexibility index (Phi) is 4.34. The highest BCUT2D eigenvalue weighted by Gasteiger charge is 2.26. The van der Waals surface area contributed by atoms with Gasteiger partial charge in [0.1, 0.15) is 0 Å². The van der Waals surface area contributed by atoms with Gasteiger partial charge in [-0.05, 0) is 49.9 Å². The number of ether oxygens (including phenoxy) is 2. The van der Waals surface area contributed by atoms with Crippen LogP contribution in [0.4, 0.5) is 0 Å². The van der Waals surface area contributed by atoms with Crippen molar-refractivity contribution >= 4 is 5.91 Å². The number of fused-ring (bicyclic) bond motifs is 1. The van der Waals surface area contributed by atoms with Crippen molar-refractivity contribution in [3.05, 3.63) is 41.2 Å². The molecule has 0 aliphatic carbocycles. The lowest BCUT2D eigenvalue weighted by atomic mass is 9.94. The number of aryl methyl sites for hydroxylation is 2. The van der Waals surface area contributed by atoms with Gasteiger partial charge in [0.25, 0.3) is 0 Å². The van der Waals surface area contributed by atoms with Crippen LogP contribution >= 0.6 is 0 Å². The van der Waals surface area contributed by atoms with Crippen LogP contribution in [0.3, 0.4) is 0 Å². The molecule has 2 aliphatic rings. The molecule has 1 atom stereocenters. The Hall–Kier alpha value is -2.50. The molecule has 4 rings (SSSR count). The van der Waals surface area contributed by atoms with Crippen molar-refractivity contribution in [2.24, 2.45) is 0 Å². The van der Waals surface area contributed by atoms with Crippen molar-refractivity contribution in [3.8, 4) is 11.5 Å². The molecule has 0 saturated carbocycles. The van der Waals surface area contributed by atoms with Crippen LogP contribution in [0.25, 0.3) is 0 Å². The van der Waals surface area contributed by atoms with Crippen molar-refractivity contribution in [2.45, 2.75) is 38.5 Å². The summed E-state index contributed by atoms with van der Waals surface area (Å²) in [5, 5.41) is 7.37. The first kappa shape index (κ1) is 16.0. The smallest absolute Gasteiger partial charge is 0.231 e. The van der Waals surface area contributed by atoms with E-state index in [0.717, 1.165) is 60.8 Å². The van der Waals surface area contributed by atoms with Gasteiger partial charge in [-0.15, -0.1) is 0 Å². The van der Waals surface area contributed by atoms with Gasteiger partial charge >= 0.3 is 0 Å². The van der Waals surface area contributed by atoms with E-state index < -0.39 is 0 Å². The second kappa shape index (κ2) is 6.78. The van der Waals surface area contributed by atoms with Crippen LogP contribution in [0.2, 0.25) is 0 Å². The minimum absolute atomic E-state index is 0.217. The summed E-state index contributed by atoms with van der Waals surface area (Å²) >= 11 is 0. The van der Waals surface area contributed by atoms with E-state index in [1.165, 1.54) is 0 Å². The van der Waals surface area contributed by atoms with E-state index in [4.69, 9.17) is 9.47 Å². The van der Waals surface area contributed by atoms with Crippen molar-refractivity contribution in [3.63, 3.8) is 0 Å². The quantitative estimate of drug-likeness (QED) is 0.928. The molecule has 1 aromatic carbocycles. The number of carbonyl (C=O) groups excluding carboxylic acids is 1. The van der Waals surface area contributed by atoms with Crippen molar-refractivity contribution in [1.82, 2.24) is 15.1 Å². The van der Waals surface area contributed by atoms with E-state index in [2.05, 4.69) is 16.3 Å². The maximum atomic E-state index is 12.6. The first-order valence-corrected chi connectivity index (χ1v) is 8.87. The summed E-state index contributed by atoms with van der Waals surface area (Å²) in [7, 11) is 0. The summed E-state index contributed by atoms with van der Waals surface area (Å²) in [5.41, 5.74) is 3.25. The molecule has 1 amide bonds. The van der Waals surface area contributed by atoms with Gasteiger partial charge in [-0.3, -0.25) is 9.89 Å². The number of benzene rings is 1. The zero-order chi connectivity index (χ0) is 17.2. The van der Waals surface area contributed by atoms with Crippen molar-refractivity contribution < 1.29 is 14.3 Å². The fourth-order valence-corrected chi connectivity index (χ4v) is 3.60. The Morgan fingerprint density at radius 1 is 1.32 bits per heavy atom. The summed E-state index contributed by atoms with van der Waals surface area (Å²) in [6, 6.07) is 7.98. The molecule has 6 nitrogen and oxygen atoms in total. The lowest BCUT2D eigenvalue weighted by Crippen LogP contribution is -2.39. The number of nitrogens with zero attached hydrogens (tertiary/aromatic N) is 2. The molecule has 1 fully saturated rings. The number of aromatic nitrogens is 2. The van der Waals surface area contributed by atoms with E-state index in [-0.39, 0.29) is 12.7 Å². The Morgan fingerprint density at radius 3 is 3.04 bits per heavy atom. The standard InChI is InChI=1S/C19H23N3O3/c1-13-9-16(21-20-13)15-3-2-8-22(11-15)19(23)7-5-14-4-6-17-18(10-14)25-12-24-17/h4,6,9-10,15H,2-3,5,7-8,11-12H2,1H3,(H,20,21).